The second kappa shape index (κ2) is 18.3. The Morgan fingerprint density at radius 3 is 2.28 bits per heavy atom. The van der Waals surface area contributed by atoms with E-state index in [0.717, 1.165) is 98.1 Å². The molecular formula is C51H51F2N9O8S. The normalized spacial score (nSPS) is 21.9. The first-order valence-corrected chi connectivity index (χ1v) is 25.5. The number of nitriles is 1. The smallest absolute Gasteiger partial charge is 0.301 e. The van der Waals surface area contributed by atoms with Crippen molar-refractivity contribution in [2.45, 2.75) is 88.8 Å². The number of rotatable bonds is 11. The third-order valence-corrected chi connectivity index (χ3v) is 16.7. The van der Waals surface area contributed by atoms with Crippen LogP contribution in [0.1, 0.15) is 79.3 Å². The minimum Gasteiger partial charge on any atom is -0.453 e. The highest BCUT2D eigenvalue weighted by atomic mass is 32.2. The molecule has 17 nitrogen and oxygen atoms in total. The number of ether oxygens (including phenoxy) is 2. The summed E-state index contributed by atoms with van der Waals surface area (Å²) < 4.78 is 71.9. The Morgan fingerprint density at radius 2 is 1.56 bits per heavy atom. The van der Waals surface area contributed by atoms with Crippen molar-refractivity contribution in [2.24, 2.45) is 5.41 Å². The highest BCUT2D eigenvalue weighted by Gasteiger charge is 2.47. The second-order valence-electron chi connectivity index (χ2n) is 19.6. The number of halogens is 2. The van der Waals surface area contributed by atoms with Crippen molar-refractivity contribution in [2.75, 3.05) is 53.8 Å². The molecule has 0 bridgehead atoms. The van der Waals surface area contributed by atoms with E-state index in [4.69, 9.17) is 9.47 Å². The van der Waals surface area contributed by atoms with Crippen molar-refractivity contribution in [1.82, 2.24) is 24.1 Å². The monoisotopic (exact) mass is 987 g/mol. The quantitative estimate of drug-likeness (QED) is 0.145. The number of carbonyl (C=O) groups excluding carboxylic acids is 3. The average Bonchev–Trinajstić information content (AvgIpc) is 3.95. The molecule has 20 heteroatoms. The molecule has 2 atom stereocenters. The van der Waals surface area contributed by atoms with Crippen LogP contribution in [0.4, 0.5) is 25.8 Å². The van der Waals surface area contributed by atoms with Gasteiger partial charge in [-0.2, -0.15) is 18.0 Å². The first kappa shape index (κ1) is 46.4. The summed E-state index contributed by atoms with van der Waals surface area (Å²) in [5.74, 6) is -2.33. The number of hydrogen-bond donors (Lipinski definition) is 2. The van der Waals surface area contributed by atoms with Gasteiger partial charge in [0, 0.05) is 69.2 Å². The van der Waals surface area contributed by atoms with Crippen LogP contribution in [0.3, 0.4) is 0 Å². The standard InChI is InChI=1S/C51H51F2N9O8S/c52-32-13-20-60(29-32)71(67,68)57-44-10-8-42(53)47(41(44)27-54)70-37-6-9-43-40(24-37)50(66)62(30-55-43)34-3-1-33(2-4-34)59-21-16-51(17-22-59)25-38(26-51)69-36-14-18-58(19-15-36)35-5-7-39-31(23-35)28-61(49(39)65)45-11-12-46(63)56-48(45)64/h1-10,23-24,30,32,36,38,45,57H,11-22,25-26,28-29H2,(H,56,63,64)/t32-,45-/m1/s1. The Morgan fingerprint density at radius 1 is 0.831 bits per heavy atom. The van der Waals surface area contributed by atoms with Crippen molar-refractivity contribution in [1.29, 1.82) is 5.26 Å². The molecule has 5 fully saturated rings. The lowest BCUT2D eigenvalue weighted by Gasteiger charge is -2.53. The van der Waals surface area contributed by atoms with Crippen LogP contribution in [0.25, 0.3) is 16.6 Å². The maximum Gasteiger partial charge on any atom is 0.301 e. The predicted octanol–water partition coefficient (Wildman–Crippen LogP) is 6.08. The van der Waals surface area contributed by atoms with Gasteiger partial charge in [-0.3, -0.25) is 33.8 Å². The number of anilines is 3. The van der Waals surface area contributed by atoms with Crippen LogP contribution in [0.2, 0.25) is 0 Å². The lowest BCUT2D eigenvalue weighted by molar-refractivity contribution is -0.136. The van der Waals surface area contributed by atoms with E-state index in [-0.39, 0.29) is 72.2 Å². The van der Waals surface area contributed by atoms with Crippen LogP contribution in [0.5, 0.6) is 11.5 Å². The SMILES string of the molecule is N#Cc1c(NS(=O)(=O)N2CC[C@@H](F)C2)ccc(F)c1Oc1ccc2ncn(-c3ccc(N4CCC5(CC4)CC(OC4CCN(c6ccc7c(c6)CN([C@@H]6CCC(=O)NC6=O)C7=O)CC4)C5)cc3)c(=O)c2c1. The third-order valence-electron chi connectivity index (χ3n) is 15.2. The molecule has 0 unspecified atom stereocenters. The Bertz CT molecular complexity index is 3180. The third kappa shape index (κ3) is 8.95. The van der Waals surface area contributed by atoms with Crippen LogP contribution in [0.15, 0.2) is 83.9 Å². The van der Waals surface area contributed by atoms with Gasteiger partial charge in [0.25, 0.3) is 11.5 Å². The Balaban J connectivity index is 0.669. The molecule has 71 heavy (non-hydrogen) atoms. The zero-order chi connectivity index (χ0) is 49.2. The molecule has 4 saturated heterocycles. The van der Waals surface area contributed by atoms with Crippen LogP contribution >= 0.6 is 0 Å². The maximum absolute atomic E-state index is 15.2. The summed E-state index contributed by atoms with van der Waals surface area (Å²) in [5.41, 5.74) is 3.79. The Labute approximate surface area is 408 Å². The van der Waals surface area contributed by atoms with E-state index < -0.39 is 51.0 Å². The van der Waals surface area contributed by atoms with Crippen molar-refractivity contribution >= 4 is 55.9 Å². The van der Waals surface area contributed by atoms with E-state index in [2.05, 4.69) is 30.9 Å². The summed E-state index contributed by atoms with van der Waals surface area (Å²) in [5, 5.41) is 12.5. The molecule has 11 rings (SSSR count). The highest BCUT2D eigenvalue weighted by molar-refractivity contribution is 7.90. The fraction of sp³-hybridized carbons (Fsp3) is 0.412. The van der Waals surface area contributed by atoms with E-state index in [0.29, 0.717) is 29.7 Å². The van der Waals surface area contributed by atoms with Crippen LogP contribution in [-0.4, -0.2) is 109 Å². The first-order chi connectivity index (χ1) is 34.2. The van der Waals surface area contributed by atoms with E-state index in [1.54, 1.807) is 4.90 Å². The summed E-state index contributed by atoms with van der Waals surface area (Å²) in [4.78, 5) is 62.0. The summed E-state index contributed by atoms with van der Waals surface area (Å²) in [6.07, 6.45) is 7.26. The van der Waals surface area contributed by atoms with E-state index in [1.807, 2.05) is 42.5 Å². The summed E-state index contributed by atoms with van der Waals surface area (Å²) in [7, 11) is -4.24. The molecule has 4 aromatic carbocycles. The molecule has 3 amide bonds. The molecule has 0 radical (unpaired) electrons. The lowest BCUT2D eigenvalue weighted by Crippen LogP contribution is -2.52. The second-order valence-corrected chi connectivity index (χ2v) is 21.2. The summed E-state index contributed by atoms with van der Waals surface area (Å²) in [6.45, 7) is 3.51. The van der Waals surface area contributed by atoms with E-state index in [9.17, 15) is 37.2 Å². The average molecular weight is 988 g/mol. The van der Waals surface area contributed by atoms with Gasteiger partial charge in [0.1, 0.15) is 35.9 Å². The van der Waals surface area contributed by atoms with Crippen LogP contribution < -0.4 is 30.1 Å². The number of aromatic nitrogens is 2. The van der Waals surface area contributed by atoms with Gasteiger partial charge in [-0.25, -0.2) is 13.8 Å². The number of alkyl halides is 1. The zero-order valence-electron chi connectivity index (χ0n) is 38.7. The maximum atomic E-state index is 15.2. The lowest BCUT2D eigenvalue weighted by atomic mass is 9.61. The Hall–Kier alpha value is -6.95. The van der Waals surface area contributed by atoms with E-state index >= 15 is 4.39 Å². The minimum atomic E-state index is -4.24. The molecule has 1 aliphatic carbocycles. The fourth-order valence-corrected chi connectivity index (χ4v) is 12.5. The molecule has 1 spiro atoms. The van der Waals surface area contributed by atoms with Crippen molar-refractivity contribution in [3.05, 3.63) is 112 Å². The number of hydrogen-bond acceptors (Lipinski definition) is 12. The number of amides is 3. The molecule has 1 aromatic heterocycles. The highest BCUT2D eigenvalue weighted by Crippen LogP contribution is 2.51. The van der Waals surface area contributed by atoms with Gasteiger partial charge in [-0.1, -0.05) is 0 Å². The summed E-state index contributed by atoms with van der Waals surface area (Å²) >= 11 is 0. The van der Waals surface area contributed by atoms with Crippen LogP contribution in [0, 0.1) is 22.6 Å². The molecule has 6 heterocycles. The number of nitrogens with one attached hydrogen (secondary N) is 2. The number of nitrogens with zero attached hydrogens (tertiary/aromatic N) is 7. The van der Waals surface area contributed by atoms with Crippen molar-refractivity contribution < 1.29 is 41.1 Å². The van der Waals surface area contributed by atoms with Gasteiger partial charge in [-0.15, -0.1) is 0 Å². The molecule has 2 N–H and O–H groups in total. The number of carbonyl (C=O) groups is 3. The minimum absolute atomic E-state index is 0.0183. The van der Waals surface area contributed by atoms with Gasteiger partial charge in [-0.05, 0) is 135 Å². The number of fused-ring (bicyclic) bond motifs is 2. The van der Waals surface area contributed by atoms with Gasteiger partial charge in [0.05, 0.1) is 34.5 Å². The molecule has 5 aromatic rings. The van der Waals surface area contributed by atoms with Gasteiger partial charge >= 0.3 is 10.2 Å². The molecule has 5 aliphatic heterocycles. The summed E-state index contributed by atoms with van der Waals surface area (Å²) in [6, 6.07) is 21.3. The zero-order valence-corrected chi connectivity index (χ0v) is 39.5. The van der Waals surface area contributed by atoms with E-state index in [1.165, 1.54) is 29.1 Å². The molecule has 1 saturated carbocycles. The fourth-order valence-electron chi connectivity index (χ4n) is 11.2. The molecular weight excluding hydrogens is 937 g/mol. The van der Waals surface area contributed by atoms with Gasteiger partial charge in [0.2, 0.25) is 11.8 Å². The van der Waals surface area contributed by atoms with Gasteiger partial charge < -0.3 is 24.2 Å². The van der Waals surface area contributed by atoms with Crippen LogP contribution in [-0.2, 0) is 31.1 Å². The number of benzene rings is 4. The van der Waals surface area contributed by atoms with Crippen molar-refractivity contribution in [3.8, 4) is 23.3 Å². The molecule has 368 valence electrons. The first-order valence-electron chi connectivity index (χ1n) is 24.1. The van der Waals surface area contributed by atoms with Crippen molar-refractivity contribution in [3.63, 3.8) is 0 Å². The number of piperidine rings is 3. The largest absolute Gasteiger partial charge is 0.453 e. The topological polar surface area (TPSA) is 200 Å². The number of imide groups is 1. The molecule has 6 aliphatic rings. The van der Waals surface area contributed by atoms with Gasteiger partial charge in [0.15, 0.2) is 11.6 Å². The predicted molar refractivity (Wildman–Crippen MR) is 258 cm³/mol. The Kier molecular flexibility index (Phi) is 12.0.